The van der Waals surface area contributed by atoms with E-state index in [2.05, 4.69) is 25.9 Å². The molecule has 1 aliphatic heterocycles. The van der Waals surface area contributed by atoms with Crippen LogP contribution in [0.25, 0.3) is 0 Å². The largest absolute Gasteiger partial charge is 0.481 e. The number of amides is 4. The van der Waals surface area contributed by atoms with Gasteiger partial charge in [0.15, 0.2) is 0 Å². The molecule has 57 heavy (non-hydrogen) atoms. The molecule has 20 nitrogen and oxygen atoms in total. The molecule has 2 aromatic carbocycles. The van der Waals surface area contributed by atoms with Crippen LogP contribution in [0.3, 0.4) is 0 Å². The second kappa shape index (κ2) is 19.7. The number of nitrogens with zero attached hydrogens (tertiary/aromatic N) is 3. The number of benzene rings is 2. The van der Waals surface area contributed by atoms with Gasteiger partial charge in [0.2, 0.25) is 11.8 Å². The number of nitrogens with one attached hydrogen (secondary N) is 3. The maximum absolute atomic E-state index is 13.9. The predicted octanol–water partition coefficient (Wildman–Crippen LogP) is 1.20. The standard InChI is InChI=1S/C34H45BN6O14P2/c1-22(2)15-29(40-31(43)27(16-23-7-5-4-6-8-23)39-32(44)28-19-36-11-12-37-28)35-54-20-24-9-10-26(17-25(24)21-55-35)41(3)33(45)53-14-13-38-30(42)18-34(46,56(47,48)49)57(50,51)52/h4-12,17,19,22,27,29,46H,13-16,18,20-21H2,1-3H3,(H,38,42)(H,39,44)(H,40,43)(H2,47,48,49)(H2,50,51,52)/t27-,29-/m0/s1. The Morgan fingerprint density at radius 2 is 1.63 bits per heavy atom. The number of carbonyl (C=O) groups excluding carboxylic acids is 4. The van der Waals surface area contributed by atoms with Gasteiger partial charge in [0.05, 0.1) is 38.3 Å². The molecule has 3 aromatic rings. The summed E-state index contributed by atoms with van der Waals surface area (Å²) in [6.07, 6.45) is 2.32. The molecule has 2 atom stereocenters. The Morgan fingerprint density at radius 3 is 2.25 bits per heavy atom. The van der Waals surface area contributed by atoms with Crippen LogP contribution in [0, 0.1) is 5.92 Å². The number of aromatic nitrogens is 2. The van der Waals surface area contributed by atoms with Gasteiger partial charge >= 0.3 is 28.4 Å². The quantitative estimate of drug-likeness (QED) is 0.0539. The fourth-order valence-corrected chi connectivity index (χ4v) is 7.70. The Bertz CT molecular complexity index is 1950. The van der Waals surface area contributed by atoms with Gasteiger partial charge in [-0.25, -0.2) is 9.78 Å². The summed E-state index contributed by atoms with van der Waals surface area (Å²) in [5.41, 5.74) is 2.70. The van der Waals surface area contributed by atoms with Crippen molar-refractivity contribution in [1.29, 1.82) is 0 Å². The fraction of sp³-hybridized carbons (Fsp3) is 0.412. The third-order valence-corrected chi connectivity index (χ3v) is 12.5. The molecular formula is C34H45BN6O14P2. The monoisotopic (exact) mass is 834 g/mol. The van der Waals surface area contributed by atoms with E-state index in [0.29, 0.717) is 17.7 Å². The molecule has 1 aliphatic rings. The minimum atomic E-state index is -5.83. The van der Waals surface area contributed by atoms with Crippen LogP contribution in [0.1, 0.15) is 53.9 Å². The number of hydrogen-bond acceptors (Lipinski definition) is 12. The number of anilines is 1. The van der Waals surface area contributed by atoms with Crippen LogP contribution in [-0.4, -0.2) is 103 Å². The number of carbonyl (C=O) groups is 4. The van der Waals surface area contributed by atoms with Crippen LogP contribution in [0.15, 0.2) is 67.1 Å². The van der Waals surface area contributed by atoms with Crippen molar-refractivity contribution >= 4 is 51.8 Å². The SMILES string of the molecule is CC(C)C[C@H](NC(=O)[C@H](Cc1ccccc1)NC(=O)c1cnccn1)B1OCc2ccc(N(C)C(=O)OCCNC(=O)CC(O)(P(=O)(O)O)P(=O)(O)O)cc2CO1. The average molecular weight is 835 g/mol. The lowest BCUT2D eigenvalue weighted by Crippen LogP contribution is -2.56. The lowest BCUT2D eigenvalue weighted by atomic mass is 9.73. The molecular weight excluding hydrogens is 789 g/mol. The van der Waals surface area contributed by atoms with E-state index >= 15 is 0 Å². The molecule has 2 heterocycles. The summed E-state index contributed by atoms with van der Waals surface area (Å²) in [4.78, 5) is 97.8. The van der Waals surface area contributed by atoms with Crippen LogP contribution in [0.2, 0.25) is 0 Å². The van der Waals surface area contributed by atoms with Crippen molar-refractivity contribution in [3.8, 4) is 0 Å². The van der Waals surface area contributed by atoms with Crippen LogP contribution < -0.4 is 20.9 Å². The molecule has 0 spiro atoms. The highest BCUT2D eigenvalue weighted by molar-refractivity contribution is 7.72. The summed E-state index contributed by atoms with van der Waals surface area (Å²) < 4.78 is 40.5. The zero-order valence-corrected chi connectivity index (χ0v) is 33.0. The number of hydrogen-bond donors (Lipinski definition) is 8. The molecule has 0 saturated carbocycles. The van der Waals surface area contributed by atoms with Crippen LogP contribution in [-0.2, 0) is 52.4 Å². The molecule has 0 radical (unpaired) electrons. The first-order valence-corrected chi connectivity index (χ1v) is 20.8. The molecule has 0 fully saturated rings. The van der Waals surface area contributed by atoms with Crippen LogP contribution in [0.4, 0.5) is 10.5 Å². The van der Waals surface area contributed by atoms with Crippen molar-refractivity contribution in [1.82, 2.24) is 25.9 Å². The molecule has 308 valence electrons. The van der Waals surface area contributed by atoms with E-state index in [-0.39, 0.29) is 31.2 Å². The van der Waals surface area contributed by atoms with Gasteiger partial charge in [-0.2, -0.15) is 0 Å². The molecule has 8 N–H and O–H groups in total. The summed E-state index contributed by atoms with van der Waals surface area (Å²) >= 11 is 0. The Labute approximate surface area is 328 Å². The molecule has 1 aromatic heterocycles. The second-order valence-electron chi connectivity index (χ2n) is 13.6. The highest BCUT2D eigenvalue weighted by Gasteiger charge is 2.60. The molecule has 0 saturated heterocycles. The second-order valence-corrected chi connectivity index (χ2v) is 17.6. The highest BCUT2D eigenvalue weighted by Crippen LogP contribution is 2.68. The minimum Gasteiger partial charge on any atom is -0.447 e. The average Bonchev–Trinajstić information content (AvgIpc) is 3.37. The van der Waals surface area contributed by atoms with Crippen LogP contribution in [0.5, 0.6) is 0 Å². The van der Waals surface area contributed by atoms with E-state index in [0.717, 1.165) is 16.0 Å². The normalized spacial score (nSPS) is 14.4. The van der Waals surface area contributed by atoms with Crippen LogP contribution >= 0.6 is 15.2 Å². The van der Waals surface area contributed by atoms with Crippen molar-refractivity contribution in [2.45, 2.75) is 63.4 Å². The van der Waals surface area contributed by atoms with Crippen molar-refractivity contribution < 1.29 is 67.0 Å². The predicted molar refractivity (Wildman–Crippen MR) is 203 cm³/mol. The van der Waals surface area contributed by atoms with Gasteiger partial charge < -0.3 is 54.7 Å². The highest BCUT2D eigenvalue weighted by atomic mass is 31.2. The summed E-state index contributed by atoms with van der Waals surface area (Å²) in [5.74, 6) is -2.85. The summed E-state index contributed by atoms with van der Waals surface area (Å²) in [7, 11) is -11.1. The number of rotatable bonds is 17. The lowest BCUT2D eigenvalue weighted by molar-refractivity contribution is -0.124. The number of ether oxygens (including phenoxy) is 1. The van der Waals surface area contributed by atoms with E-state index in [4.69, 9.17) is 14.0 Å². The number of fused-ring (bicyclic) bond motifs is 1. The fourth-order valence-electron chi connectivity index (χ4n) is 5.64. The minimum absolute atomic E-state index is 0.0413. The Hall–Kier alpha value is -4.56. The number of aliphatic hydroxyl groups is 1. The van der Waals surface area contributed by atoms with Crippen molar-refractivity contribution in [2.24, 2.45) is 5.92 Å². The first-order chi connectivity index (χ1) is 26.8. The van der Waals surface area contributed by atoms with Gasteiger partial charge in [0.25, 0.3) is 11.0 Å². The smallest absolute Gasteiger partial charge is 0.447 e. The maximum atomic E-state index is 13.9. The molecule has 0 aliphatic carbocycles. The first kappa shape index (κ1) is 45.2. The summed E-state index contributed by atoms with van der Waals surface area (Å²) in [6.45, 7) is 3.25. The molecule has 23 heteroatoms. The van der Waals surface area contributed by atoms with E-state index in [1.165, 1.54) is 25.6 Å². The third kappa shape index (κ3) is 12.5. The van der Waals surface area contributed by atoms with Gasteiger partial charge in [-0.15, -0.1) is 0 Å². The zero-order chi connectivity index (χ0) is 42.0. The van der Waals surface area contributed by atoms with Gasteiger partial charge in [-0.1, -0.05) is 50.2 Å². The Morgan fingerprint density at radius 1 is 0.965 bits per heavy atom. The first-order valence-electron chi connectivity index (χ1n) is 17.6. The molecule has 4 rings (SSSR count). The Balaban J connectivity index is 1.37. The van der Waals surface area contributed by atoms with E-state index in [1.54, 1.807) is 18.2 Å². The summed E-state index contributed by atoms with van der Waals surface area (Å²) in [6, 6.07) is 13.3. The van der Waals surface area contributed by atoms with E-state index in [9.17, 15) is 53.0 Å². The van der Waals surface area contributed by atoms with Gasteiger partial charge in [-0.3, -0.25) is 33.4 Å². The van der Waals surface area contributed by atoms with Gasteiger partial charge in [-0.05, 0) is 41.2 Å². The molecule has 0 bridgehead atoms. The van der Waals surface area contributed by atoms with Crippen molar-refractivity contribution in [3.63, 3.8) is 0 Å². The van der Waals surface area contributed by atoms with E-state index in [1.807, 2.05) is 44.2 Å². The molecule has 4 amide bonds. The zero-order valence-electron chi connectivity index (χ0n) is 31.3. The maximum Gasteiger partial charge on any atom is 0.481 e. The van der Waals surface area contributed by atoms with Gasteiger partial charge in [0, 0.05) is 31.5 Å². The van der Waals surface area contributed by atoms with Crippen molar-refractivity contribution in [2.75, 3.05) is 25.1 Å². The summed E-state index contributed by atoms with van der Waals surface area (Å²) in [5, 5.41) is 13.9. The Kier molecular flexibility index (Phi) is 15.6. The lowest BCUT2D eigenvalue weighted by Gasteiger charge is -2.28. The topological polar surface area (TPSA) is 296 Å². The molecule has 0 unspecified atom stereocenters. The van der Waals surface area contributed by atoms with Crippen molar-refractivity contribution in [3.05, 3.63) is 89.5 Å². The third-order valence-electron chi connectivity index (χ3n) is 8.72. The van der Waals surface area contributed by atoms with E-state index < -0.39 is 82.8 Å². The van der Waals surface area contributed by atoms with Gasteiger partial charge in [0.1, 0.15) is 18.3 Å².